The molecular weight excluding hydrogens is 176 g/mol. The molecule has 82 valence electrons. The molecule has 2 unspecified atom stereocenters. The Morgan fingerprint density at radius 1 is 1.50 bits per heavy atom. The number of nitrogens with one attached hydrogen (secondary N) is 1. The molecule has 0 amide bonds. The molecule has 0 aromatic heterocycles. The van der Waals surface area contributed by atoms with Crippen LogP contribution in [0.15, 0.2) is 0 Å². The van der Waals surface area contributed by atoms with Crippen LogP contribution in [0, 0.1) is 0 Å². The number of hydrogen-bond donors (Lipinski definition) is 1. The van der Waals surface area contributed by atoms with Gasteiger partial charge < -0.3 is 10.1 Å². The van der Waals surface area contributed by atoms with Crippen LogP contribution in [-0.4, -0.2) is 49.8 Å². The van der Waals surface area contributed by atoms with Crippen LogP contribution in [-0.2, 0) is 4.74 Å². The molecular formula is C11H22N2O. The molecule has 3 heteroatoms. The largest absolute Gasteiger partial charge is 0.378 e. The van der Waals surface area contributed by atoms with E-state index in [0.29, 0.717) is 12.1 Å². The number of ether oxygens (including phenoxy) is 1. The first-order valence-electron chi connectivity index (χ1n) is 5.92. The van der Waals surface area contributed by atoms with Gasteiger partial charge in [-0.15, -0.1) is 0 Å². The summed E-state index contributed by atoms with van der Waals surface area (Å²) in [5.41, 5.74) is 0. The van der Waals surface area contributed by atoms with E-state index in [1.54, 1.807) is 0 Å². The Kier molecular flexibility index (Phi) is 3.79. The molecule has 0 aromatic carbocycles. The molecule has 0 spiro atoms. The van der Waals surface area contributed by atoms with Crippen molar-refractivity contribution in [3.63, 3.8) is 0 Å². The fourth-order valence-electron chi connectivity index (χ4n) is 2.40. The molecule has 2 aliphatic rings. The van der Waals surface area contributed by atoms with E-state index in [-0.39, 0.29) is 0 Å². The van der Waals surface area contributed by atoms with Gasteiger partial charge >= 0.3 is 0 Å². The van der Waals surface area contributed by atoms with E-state index in [4.69, 9.17) is 4.74 Å². The lowest BCUT2D eigenvalue weighted by atomic mass is 10.1. The van der Waals surface area contributed by atoms with Gasteiger partial charge in [-0.25, -0.2) is 0 Å². The molecule has 2 atom stereocenters. The van der Waals surface area contributed by atoms with Gasteiger partial charge in [0.25, 0.3) is 0 Å². The zero-order valence-electron chi connectivity index (χ0n) is 9.17. The number of piperazine rings is 1. The highest BCUT2D eigenvalue weighted by Crippen LogP contribution is 2.16. The Balaban J connectivity index is 1.67. The van der Waals surface area contributed by atoms with E-state index >= 15 is 0 Å². The maximum absolute atomic E-state index is 5.64. The van der Waals surface area contributed by atoms with Gasteiger partial charge in [0.05, 0.1) is 6.10 Å². The van der Waals surface area contributed by atoms with Crippen LogP contribution >= 0.6 is 0 Å². The lowest BCUT2D eigenvalue weighted by molar-refractivity contribution is 0.0811. The van der Waals surface area contributed by atoms with Crippen LogP contribution in [0.25, 0.3) is 0 Å². The van der Waals surface area contributed by atoms with Crippen LogP contribution in [0.2, 0.25) is 0 Å². The quantitative estimate of drug-likeness (QED) is 0.727. The van der Waals surface area contributed by atoms with Crippen molar-refractivity contribution in [2.75, 3.05) is 32.8 Å². The molecule has 0 saturated carbocycles. The molecule has 0 aliphatic carbocycles. The summed E-state index contributed by atoms with van der Waals surface area (Å²) in [6, 6.07) is 0.699. The predicted octanol–water partition coefficient (Wildman–Crippen LogP) is 0.849. The van der Waals surface area contributed by atoms with Crippen molar-refractivity contribution in [2.45, 2.75) is 38.3 Å². The van der Waals surface area contributed by atoms with Crippen molar-refractivity contribution in [2.24, 2.45) is 0 Å². The molecule has 1 N–H and O–H groups in total. The highest BCUT2D eigenvalue weighted by Gasteiger charge is 2.20. The van der Waals surface area contributed by atoms with Crippen molar-refractivity contribution >= 4 is 0 Å². The van der Waals surface area contributed by atoms with Crippen LogP contribution < -0.4 is 5.32 Å². The van der Waals surface area contributed by atoms with Gasteiger partial charge in [0.1, 0.15) is 0 Å². The summed E-state index contributed by atoms with van der Waals surface area (Å²) < 4.78 is 5.64. The summed E-state index contributed by atoms with van der Waals surface area (Å²) in [5, 5.41) is 3.42. The van der Waals surface area contributed by atoms with Crippen molar-refractivity contribution in [1.29, 1.82) is 0 Å². The summed E-state index contributed by atoms with van der Waals surface area (Å²) in [7, 11) is 0. The Labute approximate surface area is 86.8 Å². The van der Waals surface area contributed by atoms with Crippen LogP contribution in [0.5, 0.6) is 0 Å². The summed E-state index contributed by atoms with van der Waals surface area (Å²) in [5.74, 6) is 0. The van der Waals surface area contributed by atoms with E-state index in [2.05, 4.69) is 17.1 Å². The van der Waals surface area contributed by atoms with Gasteiger partial charge in [0.2, 0.25) is 0 Å². The second-order valence-corrected chi connectivity index (χ2v) is 4.51. The molecule has 2 fully saturated rings. The molecule has 3 nitrogen and oxygen atoms in total. The van der Waals surface area contributed by atoms with Gasteiger partial charge in [-0.3, -0.25) is 4.90 Å². The van der Waals surface area contributed by atoms with E-state index in [0.717, 1.165) is 19.7 Å². The molecule has 2 saturated heterocycles. The summed E-state index contributed by atoms with van der Waals surface area (Å²) in [6.07, 6.45) is 4.32. The van der Waals surface area contributed by atoms with Gasteiger partial charge in [-0.05, 0) is 26.2 Å². The van der Waals surface area contributed by atoms with Gasteiger partial charge in [-0.2, -0.15) is 0 Å². The Morgan fingerprint density at radius 2 is 2.43 bits per heavy atom. The summed E-state index contributed by atoms with van der Waals surface area (Å²) in [4.78, 5) is 2.58. The van der Waals surface area contributed by atoms with Crippen molar-refractivity contribution in [3.05, 3.63) is 0 Å². The average molecular weight is 198 g/mol. The SMILES string of the molecule is CC1CNCCN1CCC1CCCO1. The van der Waals surface area contributed by atoms with E-state index < -0.39 is 0 Å². The van der Waals surface area contributed by atoms with Crippen molar-refractivity contribution in [3.8, 4) is 0 Å². The Bertz CT molecular complexity index is 169. The third kappa shape index (κ3) is 2.69. The number of rotatable bonds is 3. The number of hydrogen-bond acceptors (Lipinski definition) is 3. The molecule has 2 heterocycles. The second-order valence-electron chi connectivity index (χ2n) is 4.51. The predicted molar refractivity (Wildman–Crippen MR) is 57.5 cm³/mol. The third-order valence-electron chi connectivity index (χ3n) is 3.40. The van der Waals surface area contributed by atoms with E-state index in [1.165, 1.54) is 32.4 Å². The molecule has 14 heavy (non-hydrogen) atoms. The fraction of sp³-hybridized carbons (Fsp3) is 1.00. The second kappa shape index (κ2) is 5.10. The maximum Gasteiger partial charge on any atom is 0.0588 e. The van der Waals surface area contributed by atoms with E-state index in [1.807, 2.05) is 0 Å². The van der Waals surface area contributed by atoms with Crippen LogP contribution in [0.1, 0.15) is 26.2 Å². The lowest BCUT2D eigenvalue weighted by Gasteiger charge is -2.34. The molecule has 0 aromatic rings. The van der Waals surface area contributed by atoms with E-state index in [9.17, 15) is 0 Å². The smallest absolute Gasteiger partial charge is 0.0588 e. The average Bonchev–Trinajstić information content (AvgIpc) is 2.69. The van der Waals surface area contributed by atoms with Gasteiger partial charge in [-0.1, -0.05) is 0 Å². The first-order valence-corrected chi connectivity index (χ1v) is 5.92. The first kappa shape index (κ1) is 10.4. The molecule has 2 rings (SSSR count). The summed E-state index contributed by atoms with van der Waals surface area (Å²) >= 11 is 0. The monoisotopic (exact) mass is 198 g/mol. The first-order chi connectivity index (χ1) is 6.86. The Hall–Kier alpha value is -0.120. The number of nitrogens with zero attached hydrogens (tertiary/aromatic N) is 1. The van der Waals surface area contributed by atoms with Crippen molar-refractivity contribution in [1.82, 2.24) is 10.2 Å². The van der Waals surface area contributed by atoms with Gasteiger partial charge in [0.15, 0.2) is 0 Å². The minimum absolute atomic E-state index is 0.553. The third-order valence-corrected chi connectivity index (χ3v) is 3.40. The molecule has 2 aliphatic heterocycles. The molecule has 0 bridgehead atoms. The topological polar surface area (TPSA) is 24.5 Å². The van der Waals surface area contributed by atoms with Crippen LogP contribution in [0.3, 0.4) is 0 Å². The van der Waals surface area contributed by atoms with Crippen LogP contribution in [0.4, 0.5) is 0 Å². The maximum atomic E-state index is 5.64. The standard InChI is InChI=1S/C11H22N2O/c1-10-9-12-5-7-13(10)6-4-11-3-2-8-14-11/h10-12H,2-9H2,1H3. The molecule has 0 radical (unpaired) electrons. The minimum atomic E-state index is 0.553. The summed E-state index contributed by atoms with van der Waals surface area (Å²) in [6.45, 7) is 8.01. The minimum Gasteiger partial charge on any atom is -0.378 e. The zero-order chi connectivity index (χ0) is 9.80. The fourth-order valence-corrected chi connectivity index (χ4v) is 2.40. The van der Waals surface area contributed by atoms with Gasteiger partial charge in [0, 0.05) is 38.8 Å². The lowest BCUT2D eigenvalue weighted by Crippen LogP contribution is -2.50. The normalized spacial score (nSPS) is 34.9. The van der Waals surface area contributed by atoms with Crippen molar-refractivity contribution < 1.29 is 4.74 Å². The zero-order valence-corrected chi connectivity index (χ0v) is 9.17. The highest BCUT2D eigenvalue weighted by molar-refractivity contribution is 4.77. The Morgan fingerprint density at radius 3 is 3.14 bits per heavy atom. The highest BCUT2D eigenvalue weighted by atomic mass is 16.5.